The van der Waals surface area contributed by atoms with Crippen molar-refractivity contribution in [3.8, 4) is 0 Å². The molecule has 0 unspecified atom stereocenters. The van der Waals surface area contributed by atoms with Crippen LogP contribution in [0.1, 0.15) is 27.4 Å². The second kappa shape index (κ2) is 3.34. The zero-order chi connectivity index (χ0) is 11.0. The van der Waals surface area contributed by atoms with Crippen molar-refractivity contribution in [1.29, 1.82) is 0 Å². The molecule has 2 rings (SSSR count). The molecule has 1 saturated heterocycles. The molecule has 80 valence electrons. The van der Waals surface area contributed by atoms with E-state index in [1.807, 2.05) is 0 Å². The second-order valence-electron chi connectivity index (χ2n) is 3.36. The van der Waals surface area contributed by atoms with Crippen molar-refractivity contribution in [3.63, 3.8) is 0 Å². The second-order valence-corrected chi connectivity index (χ2v) is 3.36. The summed E-state index contributed by atoms with van der Waals surface area (Å²) in [5.74, 6) is -1.54. The minimum absolute atomic E-state index is 0.0790. The lowest BCUT2D eigenvalue weighted by Gasteiger charge is -2.30. The van der Waals surface area contributed by atoms with Crippen molar-refractivity contribution in [2.24, 2.45) is 7.05 Å². The van der Waals surface area contributed by atoms with Crippen molar-refractivity contribution in [2.75, 3.05) is 13.1 Å². The van der Waals surface area contributed by atoms with Gasteiger partial charge >= 0.3 is 5.97 Å². The Morgan fingerprint density at radius 1 is 1.40 bits per heavy atom. The number of hydrogen-bond acceptors (Lipinski definition) is 4. The molecule has 0 bridgehead atoms. The maximum Gasteiger partial charge on any atom is 0.356 e. The maximum absolute atomic E-state index is 11.7. The van der Waals surface area contributed by atoms with E-state index in [1.165, 1.54) is 7.05 Å². The van der Waals surface area contributed by atoms with Gasteiger partial charge in [0.2, 0.25) is 0 Å². The Balaban J connectivity index is 2.34. The molecular weight excluding hydrogens is 200 g/mol. The van der Waals surface area contributed by atoms with Crippen molar-refractivity contribution < 1.29 is 14.7 Å². The van der Waals surface area contributed by atoms with Crippen LogP contribution in [-0.2, 0) is 7.05 Å². The van der Waals surface area contributed by atoms with E-state index < -0.39 is 5.97 Å². The third-order valence-electron chi connectivity index (χ3n) is 2.38. The van der Waals surface area contributed by atoms with Gasteiger partial charge in [-0.3, -0.25) is 4.79 Å². The molecule has 0 aromatic carbocycles. The van der Waals surface area contributed by atoms with Crippen LogP contribution in [0.2, 0.25) is 0 Å². The summed E-state index contributed by atoms with van der Waals surface area (Å²) in [4.78, 5) is 24.1. The molecule has 1 aromatic rings. The number of carboxylic acid groups (broad SMARTS) is 1. The van der Waals surface area contributed by atoms with E-state index in [9.17, 15) is 9.59 Å². The molecule has 1 aliphatic rings. The van der Waals surface area contributed by atoms with Crippen LogP contribution in [-0.4, -0.2) is 50.0 Å². The van der Waals surface area contributed by atoms with Crippen molar-refractivity contribution in [1.82, 2.24) is 19.9 Å². The minimum Gasteiger partial charge on any atom is -0.476 e. The van der Waals surface area contributed by atoms with Gasteiger partial charge in [0.25, 0.3) is 5.91 Å². The molecule has 1 aromatic heterocycles. The normalized spacial score (nSPS) is 14.9. The van der Waals surface area contributed by atoms with Crippen LogP contribution >= 0.6 is 0 Å². The predicted octanol–water partition coefficient (Wildman–Crippen LogP) is -0.641. The molecule has 0 aliphatic carbocycles. The minimum atomic E-state index is -1.19. The SMILES string of the molecule is Cn1nnc(C(=O)N2CCC2)c1C(=O)O. The maximum atomic E-state index is 11.7. The van der Waals surface area contributed by atoms with Gasteiger partial charge < -0.3 is 10.0 Å². The van der Waals surface area contributed by atoms with Crippen molar-refractivity contribution in [2.45, 2.75) is 6.42 Å². The zero-order valence-electron chi connectivity index (χ0n) is 8.17. The summed E-state index contributed by atoms with van der Waals surface area (Å²) in [7, 11) is 1.45. The number of hydrogen-bond donors (Lipinski definition) is 1. The molecule has 1 amide bonds. The van der Waals surface area contributed by atoms with Crippen LogP contribution in [0.15, 0.2) is 0 Å². The Labute approximate surface area is 85.3 Å². The summed E-state index contributed by atoms with van der Waals surface area (Å²) in [6.07, 6.45) is 0.953. The van der Waals surface area contributed by atoms with E-state index in [2.05, 4.69) is 10.3 Å². The quantitative estimate of drug-likeness (QED) is 0.701. The third kappa shape index (κ3) is 1.45. The number of carbonyl (C=O) groups excluding carboxylic acids is 1. The summed E-state index contributed by atoms with van der Waals surface area (Å²) >= 11 is 0. The summed E-state index contributed by atoms with van der Waals surface area (Å²) in [6.45, 7) is 1.32. The monoisotopic (exact) mass is 210 g/mol. The van der Waals surface area contributed by atoms with Crippen molar-refractivity contribution in [3.05, 3.63) is 11.4 Å². The van der Waals surface area contributed by atoms with E-state index in [4.69, 9.17) is 5.11 Å². The Bertz CT molecular complexity index is 422. The summed E-state index contributed by atoms with van der Waals surface area (Å²) < 4.78 is 1.09. The first-order valence-corrected chi connectivity index (χ1v) is 4.53. The fraction of sp³-hybridized carbons (Fsp3) is 0.500. The Hall–Kier alpha value is -1.92. The van der Waals surface area contributed by atoms with Crippen LogP contribution in [0.3, 0.4) is 0 Å². The number of likely N-dealkylation sites (tertiary alicyclic amines) is 1. The van der Waals surface area contributed by atoms with E-state index in [1.54, 1.807) is 4.90 Å². The molecule has 0 spiro atoms. The van der Waals surface area contributed by atoms with Gasteiger partial charge in [0.15, 0.2) is 11.4 Å². The van der Waals surface area contributed by atoms with E-state index in [-0.39, 0.29) is 17.3 Å². The van der Waals surface area contributed by atoms with Crippen LogP contribution in [0.5, 0.6) is 0 Å². The average molecular weight is 210 g/mol. The van der Waals surface area contributed by atoms with Crippen LogP contribution in [0.25, 0.3) is 0 Å². The number of aromatic nitrogens is 3. The first-order valence-electron chi connectivity index (χ1n) is 4.53. The van der Waals surface area contributed by atoms with Crippen LogP contribution in [0, 0.1) is 0 Å². The van der Waals surface area contributed by atoms with Gasteiger partial charge in [0, 0.05) is 20.1 Å². The lowest BCUT2D eigenvalue weighted by Crippen LogP contribution is -2.42. The highest BCUT2D eigenvalue weighted by Gasteiger charge is 2.29. The molecule has 7 nitrogen and oxygen atoms in total. The first-order chi connectivity index (χ1) is 7.11. The molecule has 1 aliphatic heterocycles. The number of aromatic carboxylic acids is 1. The highest BCUT2D eigenvalue weighted by atomic mass is 16.4. The standard InChI is InChI=1S/C8H10N4O3/c1-11-6(8(14)15)5(9-10-11)7(13)12-3-2-4-12/h2-4H2,1H3,(H,14,15). The number of carbonyl (C=O) groups is 2. The molecular formula is C8H10N4O3. The predicted molar refractivity (Wildman–Crippen MR) is 48.5 cm³/mol. The molecule has 1 fully saturated rings. The molecule has 2 heterocycles. The fourth-order valence-corrected chi connectivity index (χ4v) is 1.41. The van der Waals surface area contributed by atoms with Gasteiger partial charge in [-0.15, -0.1) is 5.10 Å². The average Bonchev–Trinajstić information content (AvgIpc) is 2.43. The number of amides is 1. The number of rotatable bonds is 2. The van der Waals surface area contributed by atoms with Crippen LogP contribution in [0.4, 0.5) is 0 Å². The Morgan fingerprint density at radius 3 is 2.53 bits per heavy atom. The molecule has 1 N–H and O–H groups in total. The number of carboxylic acids is 1. The van der Waals surface area contributed by atoms with Gasteiger partial charge in [-0.25, -0.2) is 9.48 Å². The summed E-state index contributed by atoms with van der Waals surface area (Å²) in [5.41, 5.74) is -0.239. The Kier molecular flexibility index (Phi) is 2.14. The number of aryl methyl sites for hydroxylation is 1. The molecule has 15 heavy (non-hydrogen) atoms. The Morgan fingerprint density at radius 2 is 2.07 bits per heavy atom. The smallest absolute Gasteiger partial charge is 0.356 e. The lowest BCUT2D eigenvalue weighted by molar-refractivity contribution is 0.0617. The first kappa shape index (κ1) is 9.63. The van der Waals surface area contributed by atoms with Gasteiger partial charge in [0.1, 0.15) is 0 Å². The van der Waals surface area contributed by atoms with Gasteiger partial charge in [-0.05, 0) is 6.42 Å². The van der Waals surface area contributed by atoms with Crippen LogP contribution < -0.4 is 0 Å². The fourth-order valence-electron chi connectivity index (χ4n) is 1.41. The largest absolute Gasteiger partial charge is 0.476 e. The zero-order valence-corrected chi connectivity index (χ0v) is 8.17. The molecule has 0 radical (unpaired) electrons. The molecule has 0 atom stereocenters. The molecule has 0 saturated carbocycles. The lowest BCUT2D eigenvalue weighted by atomic mass is 10.2. The van der Waals surface area contributed by atoms with E-state index >= 15 is 0 Å². The topological polar surface area (TPSA) is 88.3 Å². The van der Waals surface area contributed by atoms with E-state index in [0.29, 0.717) is 13.1 Å². The number of nitrogens with zero attached hydrogens (tertiary/aromatic N) is 4. The van der Waals surface area contributed by atoms with E-state index in [0.717, 1.165) is 11.1 Å². The third-order valence-corrected chi connectivity index (χ3v) is 2.38. The van der Waals surface area contributed by atoms with Gasteiger partial charge in [-0.2, -0.15) is 0 Å². The highest BCUT2D eigenvalue weighted by Crippen LogP contribution is 2.13. The van der Waals surface area contributed by atoms with Gasteiger partial charge in [-0.1, -0.05) is 5.21 Å². The highest BCUT2D eigenvalue weighted by molar-refractivity contribution is 6.02. The summed E-state index contributed by atoms with van der Waals surface area (Å²) in [5, 5.41) is 16.0. The van der Waals surface area contributed by atoms with Crippen molar-refractivity contribution >= 4 is 11.9 Å². The molecule has 7 heteroatoms. The van der Waals surface area contributed by atoms with Gasteiger partial charge in [0.05, 0.1) is 0 Å². The summed E-state index contributed by atoms with van der Waals surface area (Å²) in [6, 6.07) is 0.